The molecular formula is C23H26N4O. The molecule has 0 fully saturated rings. The molecule has 5 heteroatoms. The maximum absolute atomic E-state index is 13.2. The Hall–Kier alpha value is -3.08. The lowest BCUT2D eigenvalue weighted by atomic mass is 10.0. The molecule has 0 N–H and O–H groups in total. The minimum absolute atomic E-state index is 0.0126. The Balaban J connectivity index is 1.93. The Kier molecular flexibility index (Phi) is 6.14. The first-order chi connectivity index (χ1) is 13.5. The normalized spacial score (nSPS) is 11.9. The van der Waals surface area contributed by atoms with Crippen molar-refractivity contribution in [1.29, 1.82) is 0 Å². The van der Waals surface area contributed by atoms with E-state index in [-0.39, 0.29) is 11.9 Å². The van der Waals surface area contributed by atoms with Crippen LogP contribution in [0.3, 0.4) is 0 Å². The highest BCUT2D eigenvalue weighted by molar-refractivity contribution is 5.95. The molecule has 144 valence electrons. The van der Waals surface area contributed by atoms with Crippen LogP contribution in [0.1, 0.15) is 53.6 Å². The Labute approximate surface area is 166 Å². The van der Waals surface area contributed by atoms with Crippen LogP contribution in [-0.2, 0) is 6.42 Å². The zero-order chi connectivity index (χ0) is 20.1. The van der Waals surface area contributed by atoms with E-state index in [4.69, 9.17) is 0 Å². The van der Waals surface area contributed by atoms with Gasteiger partial charge in [-0.1, -0.05) is 32.0 Å². The topological polar surface area (TPSA) is 59.0 Å². The van der Waals surface area contributed by atoms with Gasteiger partial charge in [-0.05, 0) is 49.1 Å². The minimum atomic E-state index is -0.0163. The number of hydrogen-bond donors (Lipinski definition) is 0. The third kappa shape index (κ3) is 4.09. The standard InChI is InChI=1S/C23H26N4O/c1-5-17-15-25-16(3)26-22(17)18-9-7-10-19(13-18)23(28)27(4)21(6-2)20-11-8-12-24-14-20/h7-15,21H,5-6H2,1-4H3/t21-/m0/s1. The average molecular weight is 374 g/mol. The van der Waals surface area contributed by atoms with Crippen molar-refractivity contribution in [1.82, 2.24) is 19.9 Å². The first-order valence-corrected chi connectivity index (χ1v) is 9.65. The zero-order valence-corrected chi connectivity index (χ0v) is 16.9. The summed E-state index contributed by atoms with van der Waals surface area (Å²) in [4.78, 5) is 28.1. The lowest BCUT2D eigenvalue weighted by Crippen LogP contribution is -2.31. The summed E-state index contributed by atoms with van der Waals surface area (Å²) in [7, 11) is 1.85. The highest BCUT2D eigenvalue weighted by atomic mass is 16.2. The third-order valence-electron chi connectivity index (χ3n) is 4.99. The molecule has 3 aromatic rings. The lowest BCUT2D eigenvalue weighted by molar-refractivity contribution is 0.0726. The number of aromatic nitrogens is 3. The number of amides is 1. The molecule has 1 atom stereocenters. The molecule has 0 saturated carbocycles. The summed E-state index contributed by atoms with van der Waals surface area (Å²) in [5.74, 6) is 0.713. The molecule has 0 bridgehead atoms. The van der Waals surface area contributed by atoms with E-state index < -0.39 is 0 Å². The van der Waals surface area contributed by atoms with Crippen LogP contribution in [0, 0.1) is 6.92 Å². The fourth-order valence-electron chi connectivity index (χ4n) is 3.45. The smallest absolute Gasteiger partial charge is 0.254 e. The second-order valence-corrected chi connectivity index (χ2v) is 6.85. The molecule has 0 aliphatic carbocycles. The van der Waals surface area contributed by atoms with Crippen LogP contribution in [0.2, 0.25) is 0 Å². The van der Waals surface area contributed by atoms with Crippen molar-refractivity contribution in [2.45, 2.75) is 39.7 Å². The van der Waals surface area contributed by atoms with Gasteiger partial charge in [-0.25, -0.2) is 9.97 Å². The van der Waals surface area contributed by atoms with Crippen LogP contribution in [-0.4, -0.2) is 32.8 Å². The van der Waals surface area contributed by atoms with Gasteiger partial charge in [0.25, 0.3) is 5.91 Å². The van der Waals surface area contributed by atoms with E-state index in [1.165, 1.54) is 0 Å². The number of carbonyl (C=O) groups is 1. The van der Waals surface area contributed by atoms with Crippen molar-refractivity contribution >= 4 is 5.91 Å². The molecule has 1 aromatic carbocycles. The van der Waals surface area contributed by atoms with Crippen molar-refractivity contribution in [3.63, 3.8) is 0 Å². The molecule has 28 heavy (non-hydrogen) atoms. The minimum Gasteiger partial charge on any atom is -0.335 e. The van der Waals surface area contributed by atoms with Crippen LogP contribution >= 0.6 is 0 Å². The van der Waals surface area contributed by atoms with E-state index in [0.717, 1.165) is 41.1 Å². The molecule has 0 radical (unpaired) electrons. The van der Waals surface area contributed by atoms with Crippen LogP contribution in [0.5, 0.6) is 0 Å². The molecule has 5 nitrogen and oxygen atoms in total. The van der Waals surface area contributed by atoms with E-state index >= 15 is 0 Å². The van der Waals surface area contributed by atoms with Crippen LogP contribution < -0.4 is 0 Å². The van der Waals surface area contributed by atoms with Gasteiger partial charge in [0.1, 0.15) is 5.82 Å². The first-order valence-electron chi connectivity index (χ1n) is 9.65. The van der Waals surface area contributed by atoms with Crippen LogP contribution in [0.25, 0.3) is 11.3 Å². The fourth-order valence-corrected chi connectivity index (χ4v) is 3.45. The maximum atomic E-state index is 13.2. The quantitative estimate of drug-likeness (QED) is 0.631. The fraction of sp³-hybridized carbons (Fsp3) is 0.304. The number of aryl methyl sites for hydroxylation is 2. The Morgan fingerprint density at radius 3 is 2.64 bits per heavy atom. The van der Waals surface area contributed by atoms with Gasteiger partial charge in [-0.15, -0.1) is 0 Å². The van der Waals surface area contributed by atoms with Gasteiger partial charge in [0.15, 0.2) is 0 Å². The van der Waals surface area contributed by atoms with Gasteiger partial charge in [0, 0.05) is 36.8 Å². The maximum Gasteiger partial charge on any atom is 0.254 e. The SMILES string of the molecule is CCc1cnc(C)nc1-c1cccc(C(=O)N(C)[C@@H](CC)c2cccnc2)c1. The molecule has 0 aliphatic rings. The van der Waals surface area contributed by atoms with Crippen LogP contribution in [0.4, 0.5) is 0 Å². The summed E-state index contributed by atoms with van der Waals surface area (Å²) in [6, 6.07) is 11.6. The third-order valence-corrected chi connectivity index (χ3v) is 4.99. The molecule has 0 spiro atoms. The molecule has 2 aromatic heterocycles. The monoisotopic (exact) mass is 374 g/mol. The summed E-state index contributed by atoms with van der Waals surface area (Å²) < 4.78 is 0. The number of nitrogens with zero attached hydrogens (tertiary/aromatic N) is 4. The molecule has 2 heterocycles. The second kappa shape index (κ2) is 8.74. The van der Waals surface area contributed by atoms with Gasteiger partial charge in [0.2, 0.25) is 0 Å². The van der Waals surface area contributed by atoms with Gasteiger partial charge < -0.3 is 4.90 Å². The van der Waals surface area contributed by atoms with E-state index in [1.807, 2.05) is 62.8 Å². The largest absolute Gasteiger partial charge is 0.335 e. The molecule has 3 rings (SSSR count). The van der Waals surface area contributed by atoms with Crippen molar-refractivity contribution in [3.05, 3.63) is 77.5 Å². The van der Waals surface area contributed by atoms with Gasteiger partial charge in [-0.3, -0.25) is 9.78 Å². The second-order valence-electron chi connectivity index (χ2n) is 6.85. The predicted octanol–water partition coefficient (Wildman–Crippen LogP) is 4.63. The van der Waals surface area contributed by atoms with Crippen molar-refractivity contribution < 1.29 is 4.79 Å². The van der Waals surface area contributed by atoms with Crippen molar-refractivity contribution in [2.24, 2.45) is 0 Å². The Morgan fingerprint density at radius 1 is 1.14 bits per heavy atom. The lowest BCUT2D eigenvalue weighted by Gasteiger charge is -2.27. The van der Waals surface area contributed by atoms with Crippen LogP contribution in [0.15, 0.2) is 55.0 Å². The molecule has 0 unspecified atom stereocenters. The summed E-state index contributed by atoms with van der Waals surface area (Å²) in [5, 5.41) is 0. The molecule has 0 saturated heterocycles. The van der Waals surface area contributed by atoms with E-state index in [9.17, 15) is 4.79 Å². The summed E-state index contributed by atoms with van der Waals surface area (Å²) in [6.45, 7) is 6.04. The van der Waals surface area contributed by atoms with E-state index in [2.05, 4.69) is 28.8 Å². The summed E-state index contributed by atoms with van der Waals surface area (Å²) >= 11 is 0. The first kappa shape index (κ1) is 19.7. The number of carbonyl (C=O) groups excluding carboxylic acids is 1. The highest BCUT2D eigenvalue weighted by Gasteiger charge is 2.22. The summed E-state index contributed by atoms with van der Waals surface area (Å²) in [6.07, 6.45) is 7.10. The summed E-state index contributed by atoms with van der Waals surface area (Å²) in [5.41, 5.74) is 4.60. The van der Waals surface area contributed by atoms with Crippen molar-refractivity contribution in [3.8, 4) is 11.3 Å². The molecule has 0 aliphatic heterocycles. The number of hydrogen-bond acceptors (Lipinski definition) is 4. The average Bonchev–Trinajstić information content (AvgIpc) is 2.74. The highest BCUT2D eigenvalue weighted by Crippen LogP contribution is 2.26. The Bertz CT molecular complexity index is 956. The molecular weight excluding hydrogens is 348 g/mol. The van der Waals surface area contributed by atoms with Gasteiger partial charge >= 0.3 is 0 Å². The Morgan fingerprint density at radius 2 is 1.96 bits per heavy atom. The van der Waals surface area contributed by atoms with E-state index in [1.54, 1.807) is 11.1 Å². The predicted molar refractivity (Wildman–Crippen MR) is 111 cm³/mol. The molecule has 1 amide bonds. The zero-order valence-electron chi connectivity index (χ0n) is 16.9. The van der Waals surface area contributed by atoms with Gasteiger partial charge in [-0.2, -0.15) is 0 Å². The number of pyridine rings is 1. The van der Waals surface area contributed by atoms with E-state index in [0.29, 0.717) is 5.56 Å². The van der Waals surface area contributed by atoms with Gasteiger partial charge in [0.05, 0.1) is 11.7 Å². The van der Waals surface area contributed by atoms with Crippen molar-refractivity contribution in [2.75, 3.05) is 7.05 Å². The number of rotatable bonds is 6. The number of benzene rings is 1.